The van der Waals surface area contributed by atoms with E-state index in [1.54, 1.807) is 0 Å². The SMILES string of the molecule is CN1CCOC(CN(CC(N)=O)CC2CC=CCC2)C1. The molecular weight excluding hydrogens is 254 g/mol. The Balaban J connectivity index is 1.85. The largest absolute Gasteiger partial charge is 0.374 e. The molecule has 0 aromatic heterocycles. The number of nitrogens with zero attached hydrogens (tertiary/aromatic N) is 2. The summed E-state index contributed by atoms with van der Waals surface area (Å²) in [6, 6.07) is 0. The lowest BCUT2D eigenvalue weighted by molar-refractivity contribution is -0.120. The molecule has 1 amide bonds. The van der Waals surface area contributed by atoms with Crippen LogP contribution in [0, 0.1) is 5.92 Å². The highest BCUT2D eigenvalue weighted by molar-refractivity contribution is 5.75. The Labute approximate surface area is 121 Å². The molecule has 2 N–H and O–H groups in total. The van der Waals surface area contributed by atoms with Gasteiger partial charge in [-0.15, -0.1) is 0 Å². The fraction of sp³-hybridized carbons (Fsp3) is 0.800. The van der Waals surface area contributed by atoms with Crippen molar-refractivity contribution in [3.8, 4) is 0 Å². The summed E-state index contributed by atoms with van der Waals surface area (Å²) >= 11 is 0. The van der Waals surface area contributed by atoms with Gasteiger partial charge in [-0.25, -0.2) is 0 Å². The first-order chi connectivity index (χ1) is 9.63. The van der Waals surface area contributed by atoms with Gasteiger partial charge in [0.05, 0.1) is 19.3 Å². The summed E-state index contributed by atoms with van der Waals surface area (Å²) < 4.78 is 5.80. The smallest absolute Gasteiger partial charge is 0.231 e. The molecule has 20 heavy (non-hydrogen) atoms. The molecule has 1 saturated heterocycles. The van der Waals surface area contributed by atoms with Crippen LogP contribution in [0.5, 0.6) is 0 Å². The van der Waals surface area contributed by atoms with E-state index < -0.39 is 0 Å². The summed E-state index contributed by atoms with van der Waals surface area (Å²) in [4.78, 5) is 15.7. The molecule has 114 valence electrons. The van der Waals surface area contributed by atoms with E-state index in [-0.39, 0.29) is 12.0 Å². The molecule has 2 rings (SSSR count). The molecule has 0 radical (unpaired) electrons. The maximum atomic E-state index is 11.3. The Morgan fingerprint density at radius 1 is 1.45 bits per heavy atom. The molecule has 0 saturated carbocycles. The Kier molecular flexibility index (Phi) is 6.01. The lowest BCUT2D eigenvalue weighted by Gasteiger charge is -2.35. The van der Waals surface area contributed by atoms with Gasteiger partial charge >= 0.3 is 0 Å². The van der Waals surface area contributed by atoms with E-state index in [1.807, 2.05) is 0 Å². The van der Waals surface area contributed by atoms with Crippen LogP contribution < -0.4 is 5.73 Å². The maximum absolute atomic E-state index is 11.3. The predicted octanol–water partition coefficient (Wildman–Crippen LogP) is 0.461. The first-order valence-corrected chi connectivity index (χ1v) is 7.59. The van der Waals surface area contributed by atoms with E-state index >= 15 is 0 Å². The lowest BCUT2D eigenvalue weighted by Crippen LogP contribution is -2.48. The average molecular weight is 281 g/mol. The summed E-state index contributed by atoms with van der Waals surface area (Å²) in [5.74, 6) is 0.390. The number of allylic oxidation sites excluding steroid dienone is 2. The second kappa shape index (κ2) is 7.76. The number of likely N-dealkylation sites (N-methyl/N-ethyl adjacent to an activating group) is 1. The van der Waals surface area contributed by atoms with Crippen LogP contribution in [0.4, 0.5) is 0 Å². The van der Waals surface area contributed by atoms with Crippen LogP contribution in [0.2, 0.25) is 0 Å². The highest BCUT2D eigenvalue weighted by atomic mass is 16.5. The number of morpholine rings is 1. The quantitative estimate of drug-likeness (QED) is 0.719. The topological polar surface area (TPSA) is 58.8 Å². The Morgan fingerprint density at radius 3 is 2.95 bits per heavy atom. The number of amides is 1. The van der Waals surface area contributed by atoms with Gasteiger partial charge in [-0.3, -0.25) is 9.69 Å². The van der Waals surface area contributed by atoms with Gasteiger partial charge in [-0.2, -0.15) is 0 Å². The van der Waals surface area contributed by atoms with Crippen molar-refractivity contribution in [3.05, 3.63) is 12.2 Å². The minimum absolute atomic E-state index is 0.187. The number of ether oxygens (including phenoxy) is 1. The molecule has 1 aliphatic carbocycles. The Bertz CT molecular complexity index is 346. The molecule has 2 aliphatic rings. The zero-order valence-corrected chi connectivity index (χ0v) is 12.5. The molecule has 0 spiro atoms. The van der Waals surface area contributed by atoms with Crippen molar-refractivity contribution in [3.63, 3.8) is 0 Å². The maximum Gasteiger partial charge on any atom is 0.231 e. The monoisotopic (exact) mass is 281 g/mol. The van der Waals surface area contributed by atoms with Gasteiger partial charge in [0.2, 0.25) is 5.91 Å². The summed E-state index contributed by atoms with van der Waals surface area (Å²) in [5.41, 5.74) is 5.39. The van der Waals surface area contributed by atoms with E-state index in [9.17, 15) is 4.79 Å². The predicted molar refractivity (Wildman–Crippen MR) is 79.4 cm³/mol. The standard InChI is InChI=1S/C15H27N3O2/c1-17-7-8-20-14(10-17)11-18(12-15(16)19)9-13-5-3-2-4-6-13/h2-3,13-14H,4-12H2,1H3,(H2,16,19). The minimum atomic E-state index is -0.250. The molecule has 1 aliphatic heterocycles. The lowest BCUT2D eigenvalue weighted by atomic mass is 9.94. The van der Waals surface area contributed by atoms with Crippen molar-refractivity contribution < 1.29 is 9.53 Å². The summed E-state index contributed by atoms with van der Waals surface area (Å²) in [6.07, 6.45) is 8.15. The van der Waals surface area contributed by atoms with Gasteiger partial charge in [-0.1, -0.05) is 12.2 Å². The van der Waals surface area contributed by atoms with Crippen molar-refractivity contribution in [1.29, 1.82) is 0 Å². The average Bonchev–Trinajstić information content (AvgIpc) is 2.39. The first kappa shape index (κ1) is 15.5. The van der Waals surface area contributed by atoms with Gasteiger partial charge < -0.3 is 15.4 Å². The third kappa shape index (κ3) is 5.23. The van der Waals surface area contributed by atoms with E-state index in [2.05, 4.69) is 29.0 Å². The molecule has 5 heteroatoms. The molecular formula is C15H27N3O2. The summed E-state index contributed by atoms with van der Waals surface area (Å²) in [7, 11) is 2.11. The van der Waals surface area contributed by atoms with Crippen molar-refractivity contribution in [2.24, 2.45) is 11.7 Å². The number of carbonyl (C=O) groups is 1. The Hall–Kier alpha value is -0.910. The highest BCUT2D eigenvalue weighted by Crippen LogP contribution is 2.19. The van der Waals surface area contributed by atoms with Gasteiger partial charge in [0, 0.05) is 26.2 Å². The zero-order valence-electron chi connectivity index (χ0n) is 12.5. The van der Waals surface area contributed by atoms with Gasteiger partial charge in [0.15, 0.2) is 0 Å². The fourth-order valence-electron chi connectivity index (χ4n) is 3.08. The van der Waals surface area contributed by atoms with E-state index in [0.29, 0.717) is 12.5 Å². The molecule has 0 aromatic rings. The second-order valence-corrected chi connectivity index (χ2v) is 6.07. The van der Waals surface area contributed by atoms with Crippen LogP contribution in [0.25, 0.3) is 0 Å². The molecule has 5 nitrogen and oxygen atoms in total. The molecule has 0 aromatic carbocycles. The number of primary amides is 1. The summed E-state index contributed by atoms with van der Waals surface area (Å²) in [6.45, 7) is 4.77. The van der Waals surface area contributed by atoms with Crippen molar-refractivity contribution >= 4 is 5.91 Å². The van der Waals surface area contributed by atoms with E-state index in [1.165, 1.54) is 6.42 Å². The normalized spacial score (nSPS) is 27.9. The molecule has 2 atom stereocenters. The third-order valence-corrected chi connectivity index (χ3v) is 4.08. The van der Waals surface area contributed by atoms with Crippen LogP contribution in [0.1, 0.15) is 19.3 Å². The van der Waals surface area contributed by atoms with Crippen LogP contribution >= 0.6 is 0 Å². The minimum Gasteiger partial charge on any atom is -0.374 e. The fourth-order valence-corrected chi connectivity index (χ4v) is 3.08. The van der Waals surface area contributed by atoms with Crippen LogP contribution in [-0.2, 0) is 9.53 Å². The van der Waals surface area contributed by atoms with Crippen molar-refractivity contribution in [2.45, 2.75) is 25.4 Å². The molecule has 2 unspecified atom stereocenters. The van der Waals surface area contributed by atoms with E-state index in [0.717, 1.165) is 45.6 Å². The van der Waals surface area contributed by atoms with Crippen LogP contribution in [-0.4, -0.2) is 68.2 Å². The number of hydrogen-bond donors (Lipinski definition) is 1. The highest BCUT2D eigenvalue weighted by Gasteiger charge is 2.23. The van der Waals surface area contributed by atoms with Crippen LogP contribution in [0.15, 0.2) is 12.2 Å². The number of carbonyl (C=O) groups excluding carboxylic acids is 1. The van der Waals surface area contributed by atoms with Crippen molar-refractivity contribution in [2.75, 3.05) is 46.4 Å². The summed E-state index contributed by atoms with van der Waals surface area (Å²) in [5, 5.41) is 0. The van der Waals surface area contributed by atoms with Crippen molar-refractivity contribution in [1.82, 2.24) is 9.80 Å². The zero-order chi connectivity index (χ0) is 14.4. The number of rotatable bonds is 6. The molecule has 1 fully saturated rings. The second-order valence-electron chi connectivity index (χ2n) is 6.07. The van der Waals surface area contributed by atoms with Gasteiger partial charge in [0.25, 0.3) is 0 Å². The van der Waals surface area contributed by atoms with Crippen LogP contribution in [0.3, 0.4) is 0 Å². The third-order valence-electron chi connectivity index (χ3n) is 4.08. The van der Waals surface area contributed by atoms with Gasteiger partial charge in [-0.05, 0) is 32.2 Å². The Morgan fingerprint density at radius 2 is 2.30 bits per heavy atom. The number of hydrogen-bond acceptors (Lipinski definition) is 4. The van der Waals surface area contributed by atoms with E-state index in [4.69, 9.17) is 10.5 Å². The number of nitrogens with two attached hydrogens (primary N) is 1. The first-order valence-electron chi connectivity index (χ1n) is 7.59. The van der Waals surface area contributed by atoms with Gasteiger partial charge in [0.1, 0.15) is 0 Å². The molecule has 0 bridgehead atoms. The molecule has 1 heterocycles.